The Hall–Kier alpha value is -1.26. The molecule has 1 amide bonds. The number of likely N-dealkylation sites (N-methyl/N-ethyl adjacent to an activating group) is 1. The van der Waals surface area contributed by atoms with E-state index in [-0.39, 0.29) is 5.24 Å². The van der Waals surface area contributed by atoms with Crippen LogP contribution < -0.4 is 0 Å². The molecule has 1 fully saturated rings. The predicted molar refractivity (Wildman–Crippen MR) is 61.2 cm³/mol. The van der Waals surface area contributed by atoms with E-state index < -0.39 is 6.23 Å². The molecule has 0 bridgehead atoms. The van der Waals surface area contributed by atoms with Crippen molar-refractivity contribution in [2.45, 2.75) is 6.23 Å². The maximum absolute atomic E-state index is 11.3. The topological polar surface area (TPSA) is 40.5 Å². The summed E-state index contributed by atoms with van der Waals surface area (Å²) in [6, 6.07) is 9.64. The lowest BCUT2D eigenvalue weighted by atomic mass is 10.2. The van der Waals surface area contributed by atoms with Crippen molar-refractivity contribution in [1.82, 2.24) is 4.90 Å². The van der Waals surface area contributed by atoms with Crippen LogP contribution in [-0.4, -0.2) is 28.5 Å². The summed E-state index contributed by atoms with van der Waals surface area (Å²) in [7, 11) is 1.59. The van der Waals surface area contributed by atoms with Crippen LogP contribution in [0.5, 0.6) is 0 Å². The zero-order valence-corrected chi connectivity index (χ0v) is 9.07. The summed E-state index contributed by atoms with van der Waals surface area (Å²) in [4.78, 5) is 13.3. The molecule has 0 spiro atoms. The fourth-order valence-electron chi connectivity index (χ4n) is 1.33. The van der Waals surface area contributed by atoms with E-state index in [9.17, 15) is 9.90 Å². The highest BCUT2D eigenvalue weighted by molar-refractivity contribution is 8.17. The Morgan fingerprint density at radius 3 is 2.60 bits per heavy atom. The minimum absolute atomic E-state index is 0.121. The molecular weight excluding hydrogens is 210 g/mol. The average molecular weight is 221 g/mol. The lowest BCUT2D eigenvalue weighted by Gasteiger charge is -2.12. The number of rotatable bonds is 1. The number of hydrogen-bond donors (Lipinski definition) is 1. The molecule has 15 heavy (non-hydrogen) atoms. The fourth-order valence-corrected chi connectivity index (χ4v) is 2.24. The molecule has 0 radical (unpaired) electrons. The van der Waals surface area contributed by atoms with E-state index in [0.29, 0.717) is 4.91 Å². The van der Waals surface area contributed by atoms with Gasteiger partial charge in [0.25, 0.3) is 5.24 Å². The number of aliphatic hydroxyl groups is 1. The summed E-state index contributed by atoms with van der Waals surface area (Å²) < 4.78 is 0. The Morgan fingerprint density at radius 1 is 1.40 bits per heavy atom. The molecule has 1 saturated heterocycles. The van der Waals surface area contributed by atoms with Gasteiger partial charge in [-0.1, -0.05) is 30.3 Å². The largest absolute Gasteiger partial charge is 0.369 e. The molecule has 3 nitrogen and oxygen atoms in total. The van der Waals surface area contributed by atoms with E-state index in [0.717, 1.165) is 17.3 Å². The van der Waals surface area contributed by atoms with Gasteiger partial charge in [0.05, 0.1) is 0 Å². The summed E-state index contributed by atoms with van der Waals surface area (Å²) in [5.41, 5.74) is 0.988. The quantitative estimate of drug-likeness (QED) is 0.790. The molecule has 1 aromatic carbocycles. The van der Waals surface area contributed by atoms with E-state index in [4.69, 9.17) is 0 Å². The van der Waals surface area contributed by atoms with Crippen LogP contribution in [0.2, 0.25) is 0 Å². The van der Waals surface area contributed by atoms with Gasteiger partial charge in [0, 0.05) is 12.0 Å². The van der Waals surface area contributed by atoms with Gasteiger partial charge in [-0.3, -0.25) is 4.79 Å². The highest BCUT2D eigenvalue weighted by Crippen LogP contribution is 2.33. The van der Waals surface area contributed by atoms with Gasteiger partial charge in [-0.15, -0.1) is 0 Å². The van der Waals surface area contributed by atoms with Gasteiger partial charge in [0.1, 0.15) is 0 Å². The predicted octanol–water partition coefficient (Wildman–Crippen LogP) is 2.14. The number of amides is 1. The van der Waals surface area contributed by atoms with Crippen molar-refractivity contribution in [2.75, 3.05) is 7.05 Å². The molecular formula is C11H11NO2S. The second-order valence-electron chi connectivity index (χ2n) is 3.31. The number of benzene rings is 1. The number of nitrogens with zero attached hydrogens (tertiary/aromatic N) is 1. The second-order valence-corrected chi connectivity index (χ2v) is 4.33. The smallest absolute Gasteiger partial charge is 0.288 e. The molecule has 0 aromatic heterocycles. The van der Waals surface area contributed by atoms with Gasteiger partial charge in [-0.25, -0.2) is 0 Å². The van der Waals surface area contributed by atoms with Crippen LogP contribution in [0.4, 0.5) is 4.79 Å². The van der Waals surface area contributed by atoms with Crippen molar-refractivity contribution in [2.24, 2.45) is 0 Å². The Labute approximate surface area is 92.4 Å². The summed E-state index contributed by atoms with van der Waals surface area (Å²) >= 11 is 1.07. The van der Waals surface area contributed by atoms with Gasteiger partial charge in [-0.2, -0.15) is 0 Å². The third kappa shape index (κ3) is 2.06. The van der Waals surface area contributed by atoms with Crippen LogP contribution in [0.1, 0.15) is 5.56 Å². The Morgan fingerprint density at radius 2 is 2.07 bits per heavy atom. The second kappa shape index (κ2) is 4.08. The zero-order valence-electron chi connectivity index (χ0n) is 8.25. The third-order valence-electron chi connectivity index (χ3n) is 2.22. The summed E-state index contributed by atoms with van der Waals surface area (Å²) in [6.07, 6.45) is 1.03. The molecule has 1 aliphatic heterocycles. The first-order chi connectivity index (χ1) is 7.18. The Kier molecular flexibility index (Phi) is 2.79. The minimum atomic E-state index is -0.803. The van der Waals surface area contributed by atoms with Crippen molar-refractivity contribution < 1.29 is 9.90 Å². The monoisotopic (exact) mass is 221 g/mol. The van der Waals surface area contributed by atoms with Gasteiger partial charge >= 0.3 is 0 Å². The fraction of sp³-hybridized carbons (Fsp3) is 0.182. The first-order valence-corrected chi connectivity index (χ1v) is 5.39. The first-order valence-electron chi connectivity index (χ1n) is 4.58. The number of carbonyl (C=O) groups excluding carboxylic acids is 1. The first kappa shape index (κ1) is 10.3. The van der Waals surface area contributed by atoms with Crippen LogP contribution in [0, 0.1) is 0 Å². The number of carbonyl (C=O) groups is 1. The molecule has 1 unspecified atom stereocenters. The average Bonchev–Trinajstić information content (AvgIpc) is 2.48. The van der Waals surface area contributed by atoms with Crippen LogP contribution in [0.15, 0.2) is 35.2 Å². The molecule has 0 saturated carbocycles. The van der Waals surface area contributed by atoms with Crippen molar-refractivity contribution in [1.29, 1.82) is 0 Å². The van der Waals surface area contributed by atoms with E-state index in [1.54, 1.807) is 7.05 Å². The Balaban J connectivity index is 2.26. The van der Waals surface area contributed by atoms with E-state index in [1.807, 2.05) is 36.4 Å². The molecule has 1 heterocycles. The molecule has 1 atom stereocenters. The van der Waals surface area contributed by atoms with Crippen LogP contribution >= 0.6 is 11.8 Å². The molecule has 4 heteroatoms. The Bertz CT molecular complexity index is 402. The highest BCUT2D eigenvalue weighted by atomic mass is 32.2. The van der Waals surface area contributed by atoms with Gasteiger partial charge in [0.15, 0.2) is 6.23 Å². The van der Waals surface area contributed by atoms with Gasteiger partial charge < -0.3 is 10.0 Å². The van der Waals surface area contributed by atoms with Crippen LogP contribution in [-0.2, 0) is 0 Å². The van der Waals surface area contributed by atoms with E-state index >= 15 is 0 Å². The maximum atomic E-state index is 11.3. The molecule has 78 valence electrons. The molecule has 1 N–H and O–H groups in total. The molecule has 1 aliphatic rings. The third-order valence-corrected chi connectivity index (χ3v) is 3.25. The SMILES string of the molecule is CN1C(=O)S/C(=C/c2ccccc2)C1O. The lowest BCUT2D eigenvalue weighted by Crippen LogP contribution is -2.27. The van der Waals surface area contributed by atoms with Crippen LogP contribution in [0.3, 0.4) is 0 Å². The van der Waals surface area contributed by atoms with Crippen molar-refractivity contribution in [3.8, 4) is 0 Å². The maximum Gasteiger partial charge on any atom is 0.288 e. The number of aliphatic hydroxyl groups excluding tert-OH is 1. The van der Waals surface area contributed by atoms with Crippen molar-refractivity contribution >= 4 is 23.1 Å². The lowest BCUT2D eigenvalue weighted by molar-refractivity contribution is 0.0990. The number of thioether (sulfide) groups is 1. The zero-order chi connectivity index (χ0) is 10.8. The van der Waals surface area contributed by atoms with Crippen LogP contribution in [0.25, 0.3) is 6.08 Å². The molecule has 0 aliphatic carbocycles. The summed E-state index contributed by atoms with van der Waals surface area (Å²) in [5, 5.41) is 9.58. The standard InChI is InChI=1S/C11H11NO2S/c1-12-10(13)9(15-11(12)14)7-8-5-3-2-4-6-8/h2-7,10,13H,1H3/b9-7+. The molecule has 1 aromatic rings. The van der Waals surface area contributed by atoms with E-state index in [1.165, 1.54) is 4.90 Å². The minimum Gasteiger partial charge on any atom is -0.369 e. The molecule has 2 rings (SSSR count). The van der Waals surface area contributed by atoms with Gasteiger partial charge in [-0.05, 0) is 23.4 Å². The van der Waals surface area contributed by atoms with Crippen molar-refractivity contribution in [3.05, 3.63) is 40.8 Å². The van der Waals surface area contributed by atoms with Crippen molar-refractivity contribution in [3.63, 3.8) is 0 Å². The summed E-state index contributed by atoms with van der Waals surface area (Å²) in [5.74, 6) is 0. The normalized spacial score (nSPS) is 23.9. The number of hydrogen-bond acceptors (Lipinski definition) is 3. The van der Waals surface area contributed by atoms with Gasteiger partial charge in [0.2, 0.25) is 0 Å². The van der Waals surface area contributed by atoms with E-state index in [2.05, 4.69) is 0 Å². The summed E-state index contributed by atoms with van der Waals surface area (Å²) in [6.45, 7) is 0. The highest BCUT2D eigenvalue weighted by Gasteiger charge is 2.31.